The molecule has 0 saturated carbocycles. The highest BCUT2D eigenvalue weighted by Gasteiger charge is 2.35. The van der Waals surface area contributed by atoms with Crippen molar-refractivity contribution in [2.75, 3.05) is 19.6 Å². The molecule has 1 fully saturated rings. The molecule has 0 radical (unpaired) electrons. The number of nitrogens with zero attached hydrogens (tertiary/aromatic N) is 1. The first kappa shape index (κ1) is 10.6. The summed E-state index contributed by atoms with van der Waals surface area (Å²) in [7, 11) is 0. The molecule has 1 saturated heterocycles. The van der Waals surface area contributed by atoms with E-state index >= 15 is 0 Å². The van der Waals surface area contributed by atoms with E-state index in [2.05, 4.69) is 5.32 Å². The van der Waals surface area contributed by atoms with Crippen molar-refractivity contribution in [2.45, 2.75) is 12.0 Å². The van der Waals surface area contributed by atoms with E-state index in [1.807, 2.05) is 0 Å². The van der Waals surface area contributed by atoms with Gasteiger partial charge in [-0.3, -0.25) is 10.1 Å². The summed E-state index contributed by atoms with van der Waals surface area (Å²) < 4.78 is 0. The Kier molecular flexibility index (Phi) is 3.71. The largest absolute Gasteiger partial charge is 0.387 e. The normalized spacial score (nSPS) is 19.7. The molecule has 5 nitrogen and oxygen atoms in total. The third-order valence-corrected chi connectivity index (χ3v) is 1.67. The fraction of sp³-hybridized carbons (Fsp3) is 1.00. The van der Waals surface area contributed by atoms with Crippen LogP contribution >= 0.6 is 12.4 Å². The van der Waals surface area contributed by atoms with E-state index in [9.17, 15) is 15.2 Å². The van der Waals surface area contributed by atoms with Gasteiger partial charge in [-0.1, -0.05) is 0 Å². The molecule has 1 aliphatic rings. The third kappa shape index (κ3) is 3.00. The van der Waals surface area contributed by atoms with Crippen molar-refractivity contribution in [1.29, 1.82) is 0 Å². The predicted molar refractivity (Wildman–Crippen MR) is 41.5 cm³/mol. The van der Waals surface area contributed by atoms with E-state index in [1.54, 1.807) is 0 Å². The van der Waals surface area contributed by atoms with Crippen molar-refractivity contribution >= 4 is 12.4 Å². The van der Waals surface area contributed by atoms with Crippen molar-refractivity contribution in [2.24, 2.45) is 0 Å². The van der Waals surface area contributed by atoms with Crippen LogP contribution in [-0.4, -0.2) is 35.3 Å². The zero-order chi connectivity index (χ0) is 7.61. The number of rotatable bonds is 3. The van der Waals surface area contributed by atoms with Crippen LogP contribution in [-0.2, 0) is 0 Å². The van der Waals surface area contributed by atoms with Gasteiger partial charge >= 0.3 is 0 Å². The maximum absolute atomic E-state index is 9.86. The summed E-state index contributed by atoms with van der Waals surface area (Å²) in [4.78, 5) is 9.45. The highest BCUT2D eigenvalue weighted by molar-refractivity contribution is 5.85. The summed E-state index contributed by atoms with van der Waals surface area (Å²) >= 11 is 0. The third-order valence-electron chi connectivity index (χ3n) is 1.67. The molecule has 0 bridgehead atoms. The Morgan fingerprint density at radius 2 is 2.18 bits per heavy atom. The average Bonchev–Trinajstić information content (AvgIpc) is 1.79. The van der Waals surface area contributed by atoms with Gasteiger partial charge < -0.3 is 10.4 Å². The van der Waals surface area contributed by atoms with Gasteiger partial charge in [0.1, 0.15) is 0 Å². The Bertz CT molecular complexity index is 149. The van der Waals surface area contributed by atoms with Crippen molar-refractivity contribution in [3.63, 3.8) is 0 Å². The first-order valence-electron chi connectivity index (χ1n) is 3.17. The lowest BCUT2D eigenvalue weighted by atomic mass is 9.93. The molecule has 1 heterocycles. The molecule has 11 heavy (non-hydrogen) atoms. The molecule has 0 spiro atoms. The molecular formula is C5H11ClN2O3. The SMILES string of the molecule is Cl.O=[N+]([O-])CCC1(O)CNC1. The van der Waals surface area contributed by atoms with Crippen LogP contribution in [0.3, 0.4) is 0 Å². The van der Waals surface area contributed by atoms with Crippen LogP contribution in [0.25, 0.3) is 0 Å². The van der Waals surface area contributed by atoms with E-state index in [-0.39, 0.29) is 25.4 Å². The second-order valence-electron chi connectivity index (χ2n) is 2.63. The van der Waals surface area contributed by atoms with Gasteiger partial charge in [0.15, 0.2) is 0 Å². The molecule has 0 unspecified atom stereocenters. The van der Waals surface area contributed by atoms with Gasteiger partial charge in [-0.2, -0.15) is 0 Å². The van der Waals surface area contributed by atoms with Crippen LogP contribution in [0.15, 0.2) is 0 Å². The lowest BCUT2D eigenvalue weighted by molar-refractivity contribution is -0.484. The van der Waals surface area contributed by atoms with Crippen LogP contribution < -0.4 is 5.32 Å². The highest BCUT2D eigenvalue weighted by Crippen LogP contribution is 2.14. The van der Waals surface area contributed by atoms with Crippen molar-refractivity contribution in [1.82, 2.24) is 5.32 Å². The zero-order valence-corrected chi connectivity index (χ0v) is 6.76. The van der Waals surface area contributed by atoms with Gasteiger partial charge in [0.05, 0.1) is 5.60 Å². The smallest absolute Gasteiger partial charge is 0.206 e. The van der Waals surface area contributed by atoms with Crippen LogP contribution in [0.2, 0.25) is 0 Å². The first-order chi connectivity index (χ1) is 4.62. The van der Waals surface area contributed by atoms with E-state index in [0.717, 1.165) is 0 Å². The quantitative estimate of drug-likeness (QED) is 0.452. The molecule has 0 aliphatic carbocycles. The number of nitrogens with one attached hydrogen (secondary N) is 1. The summed E-state index contributed by atoms with van der Waals surface area (Å²) in [5.74, 6) is 0. The summed E-state index contributed by atoms with van der Waals surface area (Å²) in [6.45, 7) is 0.833. The monoisotopic (exact) mass is 182 g/mol. The van der Waals surface area contributed by atoms with E-state index in [1.165, 1.54) is 0 Å². The fourth-order valence-corrected chi connectivity index (χ4v) is 0.890. The maximum Gasteiger partial charge on any atom is 0.206 e. The van der Waals surface area contributed by atoms with Crippen LogP contribution in [0, 0.1) is 10.1 Å². The second-order valence-corrected chi connectivity index (χ2v) is 2.63. The Hall–Kier alpha value is -0.390. The number of nitro groups is 1. The Morgan fingerprint density at radius 3 is 2.45 bits per heavy atom. The first-order valence-corrected chi connectivity index (χ1v) is 3.17. The Labute approximate surface area is 70.3 Å². The molecule has 2 N–H and O–H groups in total. The molecule has 0 aromatic heterocycles. The van der Waals surface area contributed by atoms with Crippen LogP contribution in [0.1, 0.15) is 6.42 Å². The molecule has 66 valence electrons. The Morgan fingerprint density at radius 1 is 1.64 bits per heavy atom. The molecule has 0 aromatic rings. The number of aliphatic hydroxyl groups is 1. The molecular weight excluding hydrogens is 172 g/mol. The van der Waals surface area contributed by atoms with Gasteiger partial charge in [-0.05, 0) is 0 Å². The summed E-state index contributed by atoms with van der Waals surface area (Å²) in [6, 6.07) is 0. The minimum Gasteiger partial charge on any atom is -0.387 e. The summed E-state index contributed by atoms with van der Waals surface area (Å²) in [5.41, 5.74) is -0.799. The van der Waals surface area contributed by atoms with Gasteiger partial charge in [0.2, 0.25) is 6.54 Å². The Balaban J connectivity index is 0.000001000. The fourth-order valence-electron chi connectivity index (χ4n) is 0.890. The number of β-amino-alcohol motifs (C(OH)–C–C–N with tert-alkyl or cyclic N) is 1. The number of hydrogen-bond acceptors (Lipinski definition) is 4. The second kappa shape index (κ2) is 3.85. The maximum atomic E-state index is 9.86. The molecule has 0 aromatic carbocycles. The average molecular weight is 183 g/mol. The summed E-state index contributed by atoms with van der Waals surface area (Å²) in [6.07, 6.45) is 0.257. The van der Waals surface area contributed by atoms with Gasteiger partial charge in [0, 0.05) is 24.4 Å². The van der Waals surface area contributed by atoms with Crippen molar-refractivity contribution in [3.8, 4) is 0 Å². The highest BCUT2D eigenvalue weighted by atomic mass is 35.5. The van der Waals surface area contributed by atoms with E-state index in [4.69, 9.17) is 0 Å². The van der Waals surface area contributed by atoms with Crippen molar-refractivity contribution < 1.29 is 10.0 Å². The number of hydrogen-bond donors (Lipinski definition) is 2. The molecule has 6 heteroatoms. The van der Waals surface area contributed by atoms with E-state index < -0.39 is 10.5 Å². The molecule has 0 atom stereocenters. The minimum atomic E-state index is -0.799. The zero-order valence-electron chi connectivity index (χ0n) is 5.95. The van der Waals surface area contributed by atoms with Crippen LogP contribution in [0.5, 0.6) is 0 Å². The van der Waals surface area contributed by atoms with Gasteiger partial charge in [-0.15, -0.1) is 12.4 Å². The topological polar surface area (TPSA) is 75.4 Å². The number of halogens is 1. The lowest BCUT2D eigenvalue weighted by Crippen LogP contribution is -2.60. The molecule has 1 aliphatic heterocycles. The molecule has 0 amide bonds. The van der Waals surface area contributed by atoms with Crippen molar-refractivity contribution in [3.05, 3.63) is 10.1 Å². The minimum absolute atomic E-state index is 0. The van der Waals surface area contributed by atoms with Gasteiger partial charge in [0.25, 0.3) is 0 Å². The lowest BCUT2D eigenvalue weighted by Gasteiger charge is -2.36. The standard InChI is InChI=1S/C5H10N2O3.ClH/c8-5(3-6-4-5)1-2-7(9)10;/h6,8H,1-4H2;1H. The van der Waals surface area contributed by atoms with Crippen LogP contribution in [0.4, 0.5) is 0 Å². The summed E-state index contributed by atoms with van der Waals surface area (Å²) in [5, 5.41) is 22.0. The van der Waals surface area contributed by atoms with Gasteiger partial charge in [-0.25, -0.2) is 0 Å². The molecule has 1 rings (SSSR count). The predicted octanol–water partition coefficient (Wildman–Crippen LogP) is -0.591. The van der Waals surface area contributed by atoms with E-state index in [0.29, 0.717) is 13.1 Å².